The number of nitrogens with one attached hydrogen (secondary N) is 3. The average Bonchev–Trinajstić information content (AvgIpc) is 2.50. The number of nitrogens with zero attached hydrogens (tertiary/aromatic N) is 1. The smallest absolute Gasteiger partial charge is 0.316 e. The molecule has 0 fully saturated rings. The highest BCUT2D eigenvalue weighted by molar-refractivity contribution is 6.00. The van der Waals surface area contributed by atoms with Crippen molar-refractivity contribution in [3.05, 3.63) is 29.3 Å². The molecule has 0 aromatic heterocycles. The summed E-state index contributed by atoms with van der Waals surface area (Å²) in [5, 5.41) is 8.84. The van der Waals surface area contributed by atoms with Gasteiger partial charge in [0.15, 0.2) is 0 Å². The second-order valence-electron chi connectivity index (χ2n) is 5.25. The molecular weight excluding hydrogens is 268 g/mol. The Kier molecular flexibility index (Phi) is 5.03. The number of para-hydroxylation sites is 1. The molecule has 0 saturated heterocycles. The van der Waals surface area contributed by atoms with Crippen LogP contribution in [0.25, 0.3) is 0 Å². The van der Waals surface area contributed by atoms with Gasteiger partial charge in [-0.15, -0.1) is 0 Å². The Bertz CT molecular complexity index is 528. The Labute approximate surface area is 124 Å². The number of fused-ring (bicyclic) bond motifs is 1. The number of hydrogen-bond acceptors (Lipinski definition) is 3. The molecule has 1 aromatic carbocycles. The van der Waals surface area contributed by atoms with Gasteiger partial charge in [-0.25, -0.2) is 4.79 Å². The normalized spacial score (nSPS) is 12.9. The third-order valence-electron chi connectivity index (χ3n) is 3.41. The number of benzene rings is 1. The van der Waals surface area contributed by atoms with Gasteiger partial charge < -0.3 is 20.9 Å². The van der Waals surface area contributed by atoms with Crippen molar-refractivity contribution >= 4 is 17.6 Å². The van der Waals surface area contributed by atoms with Crippen LogP contribution in [-0.4, -0.2) is 50.6 Å². The van der Waals surface area contributed by atoms with Crippen molar-refractivity contribution in [1.29, 1.82) is 0 Å². The third-order valence-corrected chi connectivity index (χ3v) is 3.41. The number of aryl methyl sites for hydroxylation is 1. The van der Waals surface area contributed by atoms with Crippen LogP contribution in [0.15, 0.2) is 18.2 Å². The van der Waals surface area contributed by atoms with Crippen molar-refractivity contribution in [3.8, 4) is 0 Å². The highest BCUT2D eigenvalue weighted by Gasteiger charge is 2.16. The summed E-state index contributed by atoms with van der Waals surface area (Å²) in [4.78, 5) is 25.0. The Morgan fingerprint density at radius 2 is 2.00 bits per heavy atom. The minimum absolute atomic E-state index is 0.111. The van der Waals surface area contributed by atoms with E-state index in [-0.39, 0.29) is 11.9 Å². The summed E-state index contributed by atoms with van der Waals surface area (Å²) in [6.07, 6.45) is 2.09. The monoisotopic (exact) mass is 290 g/mol. The number of carbonyl (C=O) groups excluding carboxylic acids is 2. The molecule has 2 rings (SSSR count). The number of amides is 3. The topological polar surface area (TPSA) is 73.5 Å². The van der Waals surface area contributed by atoms with E-state index < -0.39 is 0 Å². The van der Waals surface area contributed by atoms with Crippen LogP contribution < -0.4 is 16.0 Å². The van der Waals surface area contributed by atoms with E-state index in [1.165, 1.54) is 10.5 Å². The number of anilines is 1. The molecular formula is C15H22N4O2. The predicted octanol–water partition coefficient (Wildman–Crippen LogP) is 1.05. The van der Waals surface area contributed by atoms with Crippen LogP contribution in [0.4, 0.5) is 10.5 Å². The minimum Gasteiger partial charge on any atom is -0.384 e. The van der Waals surface area contributed by atoms with Crippen molar-refractivity contribution < 1.29 is 9.59 Å². The summed E-state index contributed by atoms with van der Waals surface area (Å²) in [6, 6.07) is 5.62. The zero-order chi connectivity index (χ0) is 15.2. The lowest BCUT2D eigenvalue weighted by Gasteiger charge is -2.20. The molecule has 114 valence electrons. The van der Waals surface area contributed by atoms with E-state index >= 15 is 0 Å². The first kappa shape index (κ1) is 15.2. The first-order valence-corrected chi connectivity index (χ1v) is 7.18. The third kappa shape index (κ3) is 3.87. The molecule has 6 nitrogen and oxygen atoms in total. The average molecular weight is 290 g/mol. The van der Waals surface area contributed by atoms with Gasteiger partial charge in [0.05, 0.1) is 11.3 Å². The van der Waals surface area contributed by atoms with Crippen LogP contribution in [0.5, 0.6) is 0 Å². The highest BCUT2D eigenvalue weighted by atomic mass is 16.2. The molecule has 0 spiro atoms. The summed E-state index contributed by atoms with van der Waals surface area (Å²) in [5.41, 5.74) is 2.81. The summed E-state index contributed by atoms with van der Waals surface area (Å²) >= 11 is 0. The lowest BCUT2D eigenvalue weighted by Crippen LogP contribution is -2.39. The highest BCUT2D eigenvalue weighted by Crippen LogP contribution is 2.25. The van der Waals surface area contributed by atoms with E-state index in [4.69, 9.17) is 0 Å². The van der Waals surface area contributed by atoms with Crippen molar-refractivity contribution in [3.63, 3.8) is 0 Å². The van der Waals surface area contributed by atoms with Crippen LogP contribution in [0.3, 0.4) is 0 Å². The van der Waals surface area contributed by atoms with Crippen molar-refractivity contribution in [1.82, 2.24) is 15.5 Å². The van der Waals surface area contributed by atoms with Gasteiger partial charge in [0.2, 0.25) is 0 Å². The van der Waals surface area contributed by atoms with Gasteiger partial charge in [0.1, 0.15) is 0 Å². The van der Waals surface area contributed by atoms with E-state index in [2.05, 4.69) is 22.0 Å². The van der Waals surface area contributed by atoms with E-state index in [1.807, 2.05) is 12.1 Å². The Hall–Kier alpha value is -2.24. The maximum atomic E-state index is 12.2. The number of urea groups is 1. The van der Waals surface area contributed by atoms with Gasteiger partial charge in [-0.2, -0.15) is 0 Å². The van der Waals surface area contributed by atoms with Crippen LogP contribution in [0.2, 0.25) is 0 Å². The minimum atomic E-state index is -0.164. The lowest BCUT2D eigenvalue weighted by atomic mass is 9.99. The first-order valence-electron chi connectivity index (χ1n) is 7.18. The van der Waals surface area contributed by atoms with Gasteiger partial charge in [-0.05, 0) is 24.5 Å². The SMILES string of the molecule is CN(C)C(=O)NCCNC(=O)c1cccc2c1NCCC2. The summed E-state index contributed by atoms with van der Waals surface area (Å²) < 4.78 is 0. The molecule has 0 bridgehead atoms. The zero-order valence-corrected chi connectivity index (χ0v) is 12.5. The molecule has 6 heteroatoms. The summed E-state index contributed by atoms with van der Waals surface area (Å²) in [6.45, 7) is 1.71. The molecule has 1 aromatic rings. The van der Waals surface area contributed by atoms with Gasteiger partial charge >= 0.3 is 6.03 Å². The number of hydrogen-bond donors (Lipinski definition) is 3. The Morgan fingerprint density at radius 3 is 2.76 bits per heavy atom. The maximum absolute atomic E-state index is 12.2. The quantitative estimate of drug-likeness (QED) is 0.726. The molecule has 21 heavy (non-hydrogen) atoms. The van der Waals surface area contributed by atoms with Crippen LogP contribution >= 0.6 is 0 Å². The van der Waals surface area contributed by atoms with E-state index in [1.54, 1.807) is 14.1 Å². The van der Waals surface area contributed by atoms with Crippen LogP contribution in [-0.2, 0) is 6.42 Å². The molecule has 0 radical (unpaired) electrons. The first-order chi connectivity index (χ1) is 10.1. The van der Waals surface area contributed by atoms with Crippen LogP contribution in [0, 0.1) is 0 Å². The fourth-order valence-corrected chi connectivity index (χ4v) is 2.30. The zero-order valence-electron chi connectivity index (χ0n) is 12.5. The van der Waals surface area contributed by atoms with Gasteiger partial charge in [0, 0.05) is 33.7 Å². The molecule has 0 aliphatic carbocycles. The molecule has 3 amide bonds. The fraction of sp³-hybridized carbons (Fsp3) is 0.467. The molecule has 1 aliphatic rings. The van der Waals surface area contributed by atoms with E-state index in [0.29, 0.717) is 18.7 Å². The Balaban J connectivity index is 1.88. The van der Waals surface area contributed by atoms with Gasteiger partial charge in [-0.3, -0.25) is 4.79 Å². The number of rotatable bonds is 4. The molecule has 1 heterocycles. The van der Waals surface area contributed by atoms with Gasteiger partial charge in [0.25, 0.3) is 5.91 Å². The Morgan fingerprint density at radius 1 is 1.24 bits per heavy atom. The second-order valence-corrected chi connectivity index (χ2v) is 5.25. The molecule has 0 saturated carbocycles. The second kappa shape index (κ2) is 6.97. The molecule has 0 unspecified atom stereocenters. The molecule has 3 N–H and O–H groups in total. The molecule has 0 atom stereocenters. The van der Waals surface area contributed by atoms with Crippen molar-refractivity contribution in [2.75, 3.05) is 39.0 Å². The summed E-state index contributed by atoms with van der Waals surface area (Å²) in [7, 11) is 3.35. The van der Waals surface area contributed by atoms with E-state index in [0.717, 1.165) is 25.1 Å². The largest absolute Gasteiger partial charge is 0.384 e. The lowest BCUT2D eigenvalue weighted by molar-refractivity contribution is 0.0954. The molecule has 1 aliphatic heterocycles. The van der Waals surface area contributed by atoms with Crippen molar-refractivity contribution in [2.24, 2.45) is 0 Å². The standard InChI is InChI=1S/C15H22N4O2/c1-19(2)15(21)18-10-9-17-14(20)12-7-3-5-11-6-4-8-16-13(11)12/h3,5,7,16H,4,6,8-10H2,1-2H3,(H,17,20)(H,18,21). The van der Waals surface area contributed by atoms with Crippen LogP contribution in [0.1, 0.15) is 22.3 Å². The maximum Gasteiger partial charge on any atom is 0.316 e. The van der Waals surface area contributed by atoms with Gasteiger partial charge in [-0.1, -0.05) is 12.1 Å². The van der Waals surface area contributed by atoms with E-state index in [9.17, 15) is 9.59 Å². The predicted molar refractivity (Wildman–Crippen MR) is 82.7 cm³/mol. The van der Waals surface area contributed by atoms with Crippen molar-refractivity contribution in [2.45, 2.75) is 12.8 Å². The number of carbonyl (C=O) groups is 2. The fourth-order valence-electron chi connectivity index (χ4n) is 2.30. The summed E-state index contributed by atoms with van der Waals surface area (Å²) in [5.74, 6) is -0.111.